The van der Waals surface area contributed by atoms with Gasteiger partial charge in [-0.05, 0) is 31.3 Å². The van der Waals surface area contributed by atoms with Gasteiger partial charge in [0.25, 0.3) is 0 Å². The van der Waals surface area contributed by atoms with E-state index in [1.165, 1.54) is 6.92 Å². The first kappa shape index (κ1) is 13.0. The van der Waals surface area contributed by atoms with Gasteiger partial charge in [0.1, 0.15) is 16.9 Å². The Balaban J connectivity index is 2.64. The number of hydrogen-bond acceptors (Lipinski definition) is 5. The lowest BCUT2D eigenvalue weighted by molar-refractivity contribution is 0.466. The predicted molar refractivity (Wildman–Crippen MR) is 76.3 cm³/mol. The van der Waals surface area contributed by atoms with Crippen molar-refractivity contribution in [3.63, 3.8) is 0 Å². The number of hydrazone groups is 1. The summed E-state index contributed by atoms with van der Waals surface area (Å²) in [6, 6.07) is 6.68. The molecule has 19 heavy (non-hydrogen) atoms. The van der Waals surface area contributed by atoms with Crippen LogP contribution in [0.4, 0.5) is 0 Å². The maximum absolute atomic E-state index is 11.8. The highest BCUT2D eigenvalue weighted by molar-refractivity contribution is 7.80. The van der Waals surface area contributed by atoms with Crippen molar-refractivity contribution in [2.75, 3.05) is 0 Å². The number of aromatic hydroxyl groups is 1. The van der Waals surface area contributed by atoms with E-state index in [-0.39, 0.29) is 22.1 Å². The Morgan fingerprint density at radius 1 is 1.47 bits per heavy atom. The normalized spacial score (nSPS) is 11.5. The summed E-state index contributed by atoms with van der Waals surface area (Å²) in [6.45, 7) is 1.53. The molecule has 0 aliphatic heterocycles. The van der Waals surface area contributed by atoms with Crippen molar-refractivity contribution in [2.24, 2.45) is 10.8 Å². The molecule has 0 saturated carbocycles. The molecule has 0 fully saturated rings. The summed E-state index contributed by atoms with van der Waals surface area (Å²) in [4.78, 5) is 11.8. The summed E-state index contributed by atoms with van der Waals surface area (Å²) in [7, 11) is 0. The van der Waals surface area contributed by atoms with Gasteiger partial charge in [0.05, 0.1) is 11.1 Å². The molecular formula is C12H11N3O3S. The van der Waals surface area contributed by atoms with Gasteiger partial charge in [0, 0.05) is 0 Å². The third-order valence-electron chi connectivity index (χ3n) is 2.48. The fraction of sp³-hybridized carbons (Fsp3) is 0.0833. The zero-order chi connectivity index (χ0) is 14.0. The molecule has 1 aromatic heterocycles. The molecule has 0 amide bonds. The minimum atomic E-state index is -0.679. The van der Waals surface area contributed by atoms with E-state index < -0.39 is 5.63 Å². The Bertz CT molecular complexity index is 737. The maximum atomic E-state index is 11.8. The average Bonchev–Trinajstić information content (AvgIpc) is 2.36. The number of para-hydroxylation sites is 1. The smallest absolute Gasteiger partial charge is 0.349 e. The van der Waals surface area contributed by atoms with E-state index in [1.807, 2.05) is 0 Å². The zero-order valence-electron chi connectivity index (χ0n) is 10.0. The first-order chi connectivity index (χ1) is 9.00. The predicted octanol–water partition coefficient (Wildman–Crippen LogP) is 1.06. The highest BCUT2D eigenvalue weighted by atomic mass is 32.1. The topological polar surface area (TPSA) is 101 Å². The van der Waals surface area contributed by atoms with Crippen LogP contribution in [0.2, 0.25) is 0 Å². The molecule has 7 heteroatoms. The Morgan fingerprint density at radius 3 is 2.84 bits per heavy atom. The van der Waals surface area contributed by atoms with Gasteiger partial charge < -0.3 is 15.3 Å². The quantitative estimate of drug-likeness (QED) is 0.328. The third kappa shape index (κ3) is 2.55. The molecule has 4 N–H and O–H groups in total. The van der Waals surface area contributed by atoms with E-state index in [9.17, 15) is 9.90 Å². The maximum Gasteiger partial charge on any atom is 0.349 e. The lowest BCUT2D eigenvalue weighted by Crippen LogP contribution is -2.26. The van der Waals surface area contributed by atoms with Crippen molar-refractivity contribution in [3.05, 3.63) is 40.2 Å². The lowest BCUT2D eigenvalue weighted by Gasteiger charge is -2.06. The van der Waals surface area contributed by atoms with Crippen LogP contribution in [0.15, 0.2) is 38.6 Å². The van der Waals surface area contributed by atoms with Crippen molar-refractivity contribution in [3.8, 4) is 5.75 Å². The SMILES string of the molecule is C/C(=N\NC(N)=S)c1c(O)c2ccccc2oc1=O. The van der Waals surface area contributed by atoms with Gasteiger partial charge in [-0.15, -0.1) is 0 Å². The Morgan fingerprint density at radius 2 is 2.16 bits per heavy atom. The summed E-state index contributed by atoms with van der Waals surface area (Å²) in [5.41, 5.74) is 7.42. The number of hydrogen-bond donors (Lipinski definition) is 3. The molecule has 0 aliphatic carbocycles. The molecular weight excluding hydrogens is 266 g/mol. The monoisotopic (exact) mass is 277 g/mol. The van der Waals surface area contributed by atoms with Crippen molar-refractivity contribution in [1.29, 1.82) is 0 Å². The van der Waals surface area contributed by atoms with E-state index in [1.54, 1.807) is 24.3 Å². The molecule has 0 saturated heterocycles. The van der Waals surface area contributed by atoms with Crippen LogP contribution in [0, 0.1) is 0 Å². The van der Waals surface area contributed by atoms with Gasteiger partial charge in [0.2, 0.25) is 0 Å². The molecule has 0 aliphatic rings. The standard InChI is InChI=1S/C12H11N3O3S/c1-6(14-15-12(13)19)9-10(16)7-4-2-3-5-8(7)18-11(9)17/h2-5,16H,1H3,(H3,13,15,19)/b14-6+. The largest absolute Gasteiger partial charge is 0.506 e. The summed E-state index contributed by atoms with van der Waals surface area (Å²) < 4.78 is 5.11. The molecule has 0 spiro atoms. The summed E-state index contributed by atoms with van der Waals surface area (Å²) in [5.74, 6) is -0.183. The minimum absolute atomic E-state index is 0.0255. The van der Waals surface area contributed by atoms with Crippen molar-refractivity contribution < 1.29 is 9.52 Å². The van der Waals surface area contributed by atoms with Crippen LogP contribution in [-0.2, 0) is 0 Å². The summed E-state index contributed by atoms with van der Waals surface area (Å²) in [6.07, 6.45) is 0. The fourth-order valence-electron chi connectivity index (χ4n) is 1.65. The molecule has 0 unspecified atom stereocenters. The number of nitrogens with zero attached hydrogens (tertiary/aromatic N) is 1. The van der Waals surface area contributed by atoms with Crippen molar-refractivity contribution in [1.82, 2.24) is 5.43 Å². The van der Waals surface area contributed by atoms with Crippen molar-refractivity contribution >= 4 is 34.0 Å². The fourth-order valence-corrected chi connectivity index (χ4v) is 1.69. The second kappa shape index (κ2) is 5.07. The number of fused-ring (bicyclic) bond motifs is 1. The summed E-state index contributed by atoms with van der Waals surface area (Å²) in [5, 5.41) is 14.3. The number of nitrogens with one attached hydrogen (secondary N) is 1. The highest BCUT2D eigenvalue weighted by Gasteiger charge is 2.16. The van der Waals surface area contributed by atoms with Gasteiger partial charge >= 0.3 is 5.63 Å². The lowest BCUT2D eigenvalue weighted by atomic mass is 10.1. The molecule has 1 heterocycles. The third-order valence-corrected chi connectivity index (χ3v) is 2.57. The van der Waals surface area contributed by atoms with Gasteiger partial charge in [-0.3, -0.25) is 5.43 Å². The first-order valence-corrected chi connectivity index (χ1v) is 5.76. The Kier molecular flexibility index (Phi) is 3.48. The van der Waals surface area contributed by atoms with Crippen LogP contribution in [-0.4, -0.2) is 15.9 Å². The van der Waals surface area contributed by atoms with Gasteiger partial charge in [-0.25, -0.2) is 4.79 Å². The molecule has 0 bridgehead atoms. The molecule has 0 radical (unpaired) electrons. The average molecular weight is 277 g/mol. The number of thiocarbonyl (C=S) groups is 1. The molecule has 0 atom stereocenters. The van der Waals surface area contributed by atoms with E-state index in [4.69, 9.17) is 10.2 Å². The van der Waals surface area contributed by atoms with E-state index in [2.05, 4.69) is 22.7 Å². The number of rotatable bonds is 2. The van der Waals surface area contributed by atoms with Crippen LogP contribution >= 0.6 is 12.2 Å². The van der Waals surface area contributed by atoms with Crippen LogP contribution < -0.4 is 16.8 Å². The molecule has 1 aromatic carbocycles. The van der Waals surface area contributed by atoms with E-state index in [0.29, 0.717) is 11.0 Å². The van der Waals surface area contributed by atoms with Gasteiger partial charge in [-0.1, -0.05) is 12.1 Å². The summed E-state index contributed by atoms with van der Waals surface area (Å²) >= 11 is 4.60. The van der Waals surface area contributed by atoms with Crippen LogP contribution in [0.3, 0.4) is 0 Å². The van der Waals surface area contributed by atoms with Gasteiger partial charge in [0.15, 0.2) is 5.11 Å². The second-order valence-electron chi connectivity index (χ2n) is 3.78. The van der Waals surface area contributed by atoms with Crippen LogP contribution in [0.25, 0.3) is 11.0 Å². The molecule has 6 nitrogen and oxygen atoms in total. The number of benzene rings is 1. The Hall–Kier alpha value is -2.41. The van der Waals surface area contributed by atoms with Crippen LogP contribution in [0.1, 0.15) is 12.5 Å². The van der Waals surface area contributed by atoms with E-state index >= 15 is 0 Å². The molecule has 2 aromatic rings. The second-order valence-corrected chi connectivity index (χ2v) is 4.22. The van der Waals surface area contributed by atoms with E-state index in [0.717, 1.165) is 0 Å². The molecule has 98 valence electrons. The van der Waals surface area contributed by atoms with Gasteiger partial charge in [-0.2, -0.15) is 5.10 Å². The Labute approximate surface area is 113 Å². The van der Waals surface area contributed by atoms with Crippen molar-refractivity contribution in [2.45, 2.75) is 6.92 Å². The number of nitrogens with two attached hydrogens (primary N) is 1. The minimum Gasteiger partial charge on any atom is -0.506 e. The van der Waals surface area contributed by atoms with Crippen LogP contribution in [0.5, 0.6) is 5.75 Å². The molecule has 2 rings (SSSR count). The zero-order valence-corrected chi connectivity index (χ0v) is 10.8. The first-order valence-electron chi connectivity index (χ1n) is 5.35. The highest BCUT2D eigenvalue weighted by Crippen LogP contribution is 2.26.